The summed E-state index contributed by atoms with van der Waals surface area (Å²) in [5, 5.41) is 2.68. The van der Waals surface area contributed by atoms with Crippen LogP contribution in [0.5, 0.6) is 5.75 Å². The number of carbonyl (C=O) groups excluding carboxylic acids is 1. The number of nitrogens with zero attached hydrogens (tertiary/aromatic N) is 2. The Balaban J connectivity index is 2.20. The van der Waals surface area contributed by atoms with Gasteiger partial charge in [-0.15, -0.1) is 0 Å². The topological polar surface area (TPSA) is 82.3 Å². The number of rotatable bonds is 4. The van der Waals surface area contributed by atoms with E-state index in [1.165, 1.54) is 11.6 Å². The summed E-state index contributed by atoms with van der Waals surface area (Å²) in [5.74, 6) is 0.566. The lowest BCUT2D eigenvalue weighted by Crippen LogP contribution is -2.44. The number of anilines is 1. The molecule has 0 fully saturated rings. The summed E-state index contributed by atoms with van der Waals surface area (Å²) >= 11 is 0. The highest BCUT2D eigenvalue weighted by molar-refractivity contribution is 5.94. The fourth-order valence-electron chi connectivity index (χ4n) is 3.23. The zero-order valence-electron chi connectivity index (χ0n) is 15.4. The van der Waals surface area contributed by atoms with E-state index >= 15 is 0 Å². The molecule has 0 unspecified atom stereocenters. The first kappa shape index (κ1) is 18.0. The number of amides is 1. The molecule has 0 saturated carbocycles. The molecule has 0 bridgehead atoms. The van der Waals surface area contributed by atoms with E-state index in [4.69, 9.17) is 4.74 Å². The highest BCUT2D eigenvalue weighted by Gasteiger charge is 2.33. The van der Waals surface area contributed by atoms with Crippen molar-refractivity contribution in [2.75, 3.05) is 11.9 Å². The number of nitrogens with one attached hydrogen (secondary N) is 1. The largest absolute Gasteiger partial charge is 0.493 e. The van der Waals surface area contributed by atoms with E-state index in [1.807, 2.05) is 24.3 Å². The van der Waals surface area contributed by atoms with Gasteiger partial charge in [-0.25, -0.2) is 4.79 Å². The molecule has 2 aromatic rings. The first-order chi connectivity index (χ1) is 12.3. The minimum atomic E-state index is -0.473. The molecule has 3 rings (SSSR count). The van der Waals surface area contributed by atoms with Crippen molar-refractivity contribution < 1.29 is 9.53 Å². The van der Waals surface area contributed by atoms with Gasteiger partial charge in [0.2, 0.25) is 5.91 Å². The molecule has 1 aliphatic heterocycles. The summed E-state index contributed by atoms with van der Waals surface area (Å²) in [5.41, 5.74) is 0.320. The Hall–Kier alpha value is -2.83. The molecule has 2 heterocycles. The molecule has 0 aliphatic carbocycles. The summed E-state index contributed by atoms with van der Waals surface area (Å²) in [6.45, 7) is 4.64. The Morgan fingerprint density at radius 2 is 1.85 bits per heavy atom. The normalized spacial score (nSPS) is 16.3. The summed E-state index contributed by atoms with van der Waals surface area (Å²) in [4.78, 5) is 37.3. The van der Waals surface area contributed by atoms with Crippen LogP contribution in [0.25, 0.3) is 0 Å². The number of aromatic nitrogens is 2. The van der Waals surface area contributed by atoms with Crippen LogP contribution in [0.1, 0.15) is 37.3 Å². The Kier molecular flexibility index (Phi) is 4.71. The van der Waals surface area contributed by atoms with Crippen molar-refractivity contribution in [1.29, 1.82) is 0 Å². The van der Waals surface area contributed by atoms with Gasteiger partial charge in [0.15, 0.2) is 0 Å². The van der Waals surface area contributed by atoms with Crippen LogP contribution in [0.15, 0.2) is 33.9 Å². The van der Waals surface area contributed by atoms with Crippen LogP contribution in [0.4, 0.5) is 5.82 Å². The number of hydrogen-bond acceptors (Lipinski definition) is 4. The van der Waals surface area contributed by atoms with Gasteiger partial charge >= 0.3 is 5.69 Å². The molecule has 1 aromatic heterocycles. The lowest BCUT2D eigenvalue weighted by atomic mass is 9.86. The number of benzene rings is 1. The van der Waals surface area contributed by atoms with Crippen molar-refractivity contribution in [3.8, 4) is 5.75 Å². The fraction of sp³-hybridized carbons (Fsp3) is 0.421. The highest BCUT2D eigenvalue weighted by atomic mass is 16.5. The molecule has 0 radical (unpaired) electrons. The van der Waals surface area contributed by atoms with E-state index in [0.717, 1.165) is 10.1 Å². The van der Waals surface area contributed by atoms with Crippen LogP contribution in [-0.4, -0.2) is 21.6 Å². The zero-order valence-corrected chi connectivity index (χ0v) is 15.4. The smallest absolute Gasteiger partial charge is 0.332 e. The fourth-order valence-corrected chi connectivity index (χ4v) is 3.23. The molecule has 26 heavy (non-hydrogen) atoms. The van der Waals surface area contributed by atoms with Crippen molar-refractivity contribution in [3.05, 3.63) is 56.2 Å². The van der Waals surface area contributed by atoms with Crippen LogP contribution in [0.2, 0.25) is 0 Å². The zero-order chi connectivity index (χ0) is 19.0. The second-order valence-electron chi connectivity index (χ2n) is 7.02. The van der Waals surface area contributed by atoms with Crippen LogP contribution in [0.3, 0.4) is 0 Å². The van der Waals surface area contributed by atoms with Crippen LogP contribution in [-0.2, 0) is 18.9 Å². The first-order valence-electron chi connectivity index (χ1n) is 8.62. The van der Waals surface area contributed by atoms with E-state index in [0.29, 0.717) is 23.8 Å². The Morgan fingerprint density at radius 1 is 1.15 bits per heavy atom. The molecule has 1 amide bonds. The highest BCUT2D eigenvalue weighted by Crippen LogP contribution is 2.38. The minimum Gasteiger partial charge on any atom is -0.493 e. The maximum Gasteiger partial charge on any atom is 0.332 e. The van der Waals surface area contributed by atoms with Crippen molar-refractivity contribution in [1.82, 2.24) is 9.13 Å². The predicted molar refractivity (Wildman–Crippen MR) is 98.8 cm³/mol. The molecule has 1 aliphatic rings. The van der Waals surface area contributed by atoms with E-state index < -0.39 is 17.2 Å². The molecule has 0 spiro atoms. The van der Waals surface area contributed by atoms with Crippen molar-refractivity contribution >= 4 is 11.7 Å². The molecular weight excluding hydrogens is 334 g/mol. The molecule has 1 atom stereocenters. The van der Waals surface area contributed by atoms with Gasteiger partial charge in [0, 0.05) is 32.0 Å². The third kappa shape index (κ3) is 3.05. The van der Waals surface area contributed by atoms with E-state index in [1.54, 1.807) is 7.05 Å². The van der Waals surface area contributed by atoms with E-state index in [-0.39, 0.29) is 18.1 Å². The Labute approximate surface area is 151 Å². The van der Waals surface area contributed by atoms with Gasteiger partial charge in [-0.3, -0.25) is 18.7 Å². The van der Waals surface area contributed by atoms with Gasteiger partial charge in [0.1, 0.15) is 11.6 Å². The van der Waals surface area contributed by atoms with Crippen molar-refractivity contribution in [2.45, 2.75) is 26.2 Å². The quantitative estimate of drug-likeness (QED) is 0.901. The third-order valence-corrected chi connectivity index (χ3v) is 4.56. The lowest BCUT2D eigenvalue weighted by molar-refractivity contribution is -0.116. The van der Waals surface area contributed by atoms with Crippen LogP contribution in [0, 0.1) is 5.92 Å². The molecular formula is C19H23N3O4. The average molecular weight is 357 g/mol. The second kappa shape index (κ2) is 6.82. The summed E-state index contributed by atoms with van der Waals surface area (Å²) < 4.78 is 8.29. The third-order valence-electron chi connectivity index (χ3n) is 4.56. The van der Waals surface area contributed by atoms with Crippen molar-refractivity contribution in [3.63, 3.8) is 0 Å². The van der Waals surface area contributed by atoms with Gasteiger partial charge in [-0.1, -0.05) is 32.0 Å². The van der Waals surface area contributed by atoms with E-state index in [9.17, 15) is 14.4 Å². The monoisotopic (exact) mass is 357 g/mol. The number of hydrogen-bond donors (Lipinski definition) is 1. The summed E-state index contributed by atoms with van der Waals surface area (Å²) in [6, 6.07) is 7.43. The average Bonchev–Trinajstić information content (AvgIpc) is 2.62. The summed E-state index contributed by atoms with van der Waals surface area (Å²) in [7, 11) is 2.99. The van der Waals surface area contributed by atoms with E-state index in [2.05, 4.69) is 19.2 Å². The van der Waals surface area contributed by atoms with Gasteiger partial charge in [-0.05, 0) is 12.0 Å². The predicted octanol–water partition coefficient (Wildman–Crippen LogP) is 1.59. The lowest BCUT2D eigenvalue weighted by Gasteiger charge is -2.28. The number of para-hydroxylation sites is 1. The first-order valence-corrected chi connectivity index (χ1v) is 8.62. The van der Waals surface area contributed by atoms with Crippen LogP contribution < -0.4 is 21.3 Å². The molecule has 7 heteroatoms. The van der Waals surface area contributed by atoms with Crippen LogP contribution >= 0.6 is 0 Å². The van der Waals surface area contributed by atoms with Gasteiger partial charge < -0.3 is 10.1 Å². The SMILES string of the molecule is CC(C)COc1ccccc1[C@@H]1CC(=O)Nc2c1c(=O)n(C)c(=O)n2C. The summed E-state index contributed by atoms with van der Waals surface area (Å²) in [6.07, 6.45) is 0.127. The number of ether oxygens (including phenoxy) is 1. The Bertz CT molecular complexity index is 972. The molecule has 138 valence electrons. The number of carbonyl (C=O) groups is 1. The molecule has 0 saturated heterocycles. The minimum absolute atomic E-state index is 0.127. The Morgan fingerprint density at radius 3 is 2.54 bits per heavy atom. The van der Waals surface area contributed by atoms with Gasteiger partial charge in [0.25, 0.3) is 5.56 Å². The molecule has 1 N–H and O–H groups in total. The molecule has 1 aromatic carbocycles. The van der Waals surface area contributed by atoms with Gasteiger partial charge in [-0.2, -0.15) is 0 Å². The number of fused-ring (bicyclic) bond motifs is 1. The standard InChI is InChI=1S/C19H23N3O4/c1-11(2)10-26-14-8-6-5-7-12(14)13-9-15(23)20-17-16(13)18(24)22(4)19(25)21(17)3/h5-8,11,13H,9-10H2,1-4H3,(H,20,23)/t13-/m0/s1. The second-order valence-corrected chi connectivity index (χ2v) is 7.02. The van der Waals surface area contributed by atoms with Crippen molar-refractivity contribution in [2.24, 2.45) is 20.0 Å². The van der Waals surface area contributed by atoms with Gasteiger partial charge in [0.05, 0.1) is 12.2 Å². The maximum atomic E-state index is 12.8. The maximum absolute atomic E-state index is 12.8. The molecule has 7 nitrogen and oxygen atoms in total.